The fourth-order valence-electron chi connectivity index (χ4n) is 5.25. The molecule has 2 aromatic heterocycles. The molecule has 210 valence electrons. The molecular weight excluding hydrogens is 539 g/mol. The predicted octanol–water partition coefficient (Wildman–Crippen LogP) is 5.06. The van der Waals surface area contributed by atoms with Gasteiger partial charge in [-0.2, -0.15) is 9.40 Å². The number of sulfonamides is 1. The smallest absolute Gasteiger partial charge is 0.243 e. The van der Waals surface area contributed by atoms with Crippen molar-refractivity contribution in [2.45, 2.75) is 31.6 Å². The molecule has 0 aliphatic carbocycles. The first kappa shape index (κ1) is 27.0. The summed E-state index contributed by atoms with van der Waals surface area (Å²) in [6.45, 7) is 5.74. The topological polar surface area (TPSA) is 84.2 Å². The minimum Gasteiger partial charge on any atom is -0.355 e. The van der Waals surface area contributed by atoms with Crippen LogP contribution in [0.3, 0.4) is 0 Å². The van der Waals surface area contributed by atoms with Gasteiger partial charge in [0, 0.05) is 32.6 Å². The van der Waals surface area contributed by atoms with Gasteiger partial charge < -0.3 is 4.90 Å². The van der Waals surface area contributed by atoms with E-state index in [0.29, 0.717) is 38.3 Å². The number of nitrogens with zero attached hydrogens (tertiary/aromatic N) is 6. The van der Waals surface area contributed by atoms with Gasteiger partial charge in [-0.05, 0) is 62.2 Å². The van der Waals surface area contributed by atoms with Gasteiger partial charge in [0.15, 0.2) is 5.65 Å². The lowest BCUT2D eigenvalue weighted by Gasteiger charge is -2.24. The highest BCUT2D eigenvalue weighted by atomic mass is 32.2. The Labute approximate surface area is 239 Å². The quantitative estimate of drug-likeness (QED) is 0.284. The van der Waals surface area contributed by atoms with Crippen molar-refractivity contribution < 1.29 is 12.8 Å². The first-order chi connectivity index (χ1) is 19.8. The molecule has 1 fully saturated rings. The van der Waals surface area contributed by atoms with Gasteiger partial charge >= 0.3 is 0 Å². The van der Waals surface area contributed by atoms with Crippen LogP contribution < -0.4 is 4.90 Å². The van der Waals surface area contributed by atoms with Crippen LogP contribution in [0.2, 0.25) is 0 Å². The minimum absolute atomic E-state index is 0.0946. The Bertz CT molecular complexity index is 1790. The zero-order valence-electron chi connectivity index (χ0n) is 23.0. The standard InChI is InChI=1S/C31H31FN6O2S/c1-22-9-11-24(12-10-22)21-28-33-30(29-23(2)35-38(31(29)34-28)26-7-4-3-5-8-26)36-17-6-18-37(20-19-36)41(39,40)27-15-13-25(32)14-16-27/h3-5,7-16H,6,17-21H2,1-2H3. The molecule has 0 atom stereocenters. The molecule has 0 amide bonds. The van der Waals surface area contributed by atoms with Crippen LogP contribution in [0.1, 0.15) is 29.1 Å². The monoisotopic (exact) mass is 570 g/mol. The Hall–Kier alpha value is -4.15. The summed E-state index contributed by atoms with van der Waals surface area (Å²) in [5, 5.41) is 5.71. The number of halogens is 1. The Kier molecular flexibility index (Phi) is 7.27. The second kappa shape index (κ2) is 11.0. The van der Waals surface area contributed by atoms with E-state index in [1.807, 2.05) is 41.9 Å². The van der Waals surface area contributed by atoms with Crippen molar-refractivity contribution in [2.24, 2.45) is 0 Å². The van der Waals surface area contributed by atoms with Crippen molar-refractivity contribution in [1.82, 2.24) is 24.1 Å². The number of rotatable bonds is 6. The van der Waals surface area contributed by atoms with Crippen LogP contribution in [-0.2, 0) is 16.4 Å². The number of anilines is 1. The molecule has 1 aliphatic rings. The molecule has 0 unspecified atom stereocenters. The normalized spacial score (nSPS) is 14.9. The van der Waals surface area contributed by atoms with Crippen molar-refractivity contribution in [3.63, 3.8) is 0 Å². The largest absolute Gasteiger partial charge is 0.355 e. The van der Waals surface area contributed by atoms with Crippen LogP contribution in [-0.4, -0.2) is 58.7 Å². The number of benzene rings is 3. The molecule has 0 radical (unpaired) electrons. The lowest BCUT2D eigenvalue weighted by molar-refractivity contribution is 0.433. The Morgan fingerprint density at radius 2 is 1.56 bits per heavy atom. The number of hydrogen-bond donors (Lipinski definition) is 0. The van der Waals surface area contributed by atoms with Gasteiger partial charge in [-0.3, -0.25) is 0 Å². The maximum atomic E-state index is 13.4. The van der Waals surface area contributed by atoms with E-state index in [1.165, 1.54) is 34.1 Å². The van der Waals surface area contributed by atoms with Crippen LogP contribution in [0.15, 0.2) is 83.8 Å². The van der Waals surface area contributed by atoms with Crippen molar-refractivity contribution >= 4 is 26.9 Å². The van der Waals surface area contributed by atoms with Crippen LogP contribution in [0.4, 0.5) is 10.2 Å². The third kappa shape index (κ3) is 5.45. The number of para-hydroxylation sites is 1. The molecule has 0 saturated carbocycles. The highest BCUT2D eigenvalue weighted by molar-refractivity contribution is 7.89. The molecule has 8 nitrogen and oxygen atoms in total. The van der Waals surface area contributed by atoms with Crippen molar-refractivity contribution in [2.75, 3.05) is 31.1 Å². The van der Waals surface area contributed by atoms with Gasteiger partial charge in [-0.15, -0.1) is 0 Å². The predicted molar refractivity (Wildman–Crippen MR) is 157 cm³/mol. The van der Waals surface area contributed by atoms with Gasteiger partial charge in [-0.25, -0.2) is 27.5 Å². The first-order valence-electron chi connectivity index (χ1n) is 13.7. The van der Waals surface area contributed by atoms with Crippen LogP contribution in [0, 0.1) is 19.7 Å². The van der Waals surface area contributed by atoms with E-state index >= 15 is 0 Å². The van der Waals surface area contributed by atoms with Gasteiger partial charge in [0.05, 0.1) is 21.7 Å². The maximum Gasteiger partial charge on any atom is 0.243 e. The maximum absolute atomic E-state index is 13.4. The molecule has 5 aromatic rings. The molecule has 41 heavy (non-hydrogen) atoms. The first-order valence-corrected chi connectivity index (χ1v) is 15.1. The van der Waals surface area contributed by atoms with Crippen LogP contribution in [0.5, 0.6) is 0 Å². The summed E-state index contributed by atoms with van der Waals surface area (Å²) in [6, 6.07) is 23.2. The van der Waals surface area contributed by atoms with E-state index in [-0.39, 0.29) is 11.4 Å². The van der Waals surface area contributed by atoms with Gasteiger partial charge in [0.2, 0.25) is 10.0 Å². The zero-order chi connectivity index (χ0) is 28.6. The average molecular weight is 571 g/mol. The van der Waals surface area contributed by atoms with Gasteiger partial charge in [-0.1, -0.05) is 48.0 Å². The fourth-order valence-corrected chi connectivity index (χ4v) is 6.72. The molecular formula is C31H31FN6O2S. The molecule has 6 rings (SSSR count). The molecule has 3 aromatic carbocycles. The number of aryl methyl sites for hydroxylation is 2. The molecule has 0 N–H and O–H groups in total. The summed E-state index contributed by atoms with van der Waals surface area (Å²) in [5.74, 6) is 0.970. The second-order valence-corrected chi connectivity index (χ2v) is 12.3. The molecule has 1 aliphatic heterocycles. The van der Waals surface area contributed by atoms with Crippen molar-refractivity contribution in [1.29, 1.82) is 0 Å². The van der Waals surface area contributed by atoms with Crippen molar-refractivity contribution in [3.05, 3.63) is 107 Å². The van der Waals surface area contributed by atoms with Crippen molar-refractivity contribution in [3.8, 4) is 5.69 Å². The number of aromatic nitrogens is 4. The summed E-state index contributed by atoms with van der Waals surface area (Å²) in [5.41, 5.74) is 4.73. The van der Waals surface area contributed by atoms with E-state index in [4.69, 9.17) is 15.1 Å². The van der Waals surface area contributed by atoms with Gasteiger partial charge in [0.1, 0.15) is 17.5 Å². The van der Waals surface area contributed by atoms with E-state index < -0.39 is 15.8 Å². The SMILES string of the molecule is Cc1ccc(Cc2nc(N3CCCN(S(=O)(=O)c4ccc(F)cc4)CC3)c3c(C)nn(-c4ccccc4)c3n2)cc1. The average Bonchev–Trinajstić information content (AvgIpc) is 3.13. The zero-order valence-corrected chi connectivity index (χ0v) is 23.9. The fraction of sp³-hybridized carbons (Fsp3) is 0.258. The molecule has 0 bridgehead atoms. The minimum atomic E-state index is -3.75. The van der Waals surface area contributed by atoms with Crippen LogP contribution in [0.25, 0.3) is 16.7 Å². The van der Waals surface area contributed by atoms with Crippen LogP contribution >= 0.6 is 0 Å². The van der Waals surface area contributed by atoms with E-state index in [0.717, 1.165) is 33.8 Å². The highest BCUT2D eigenvalue weighted by Crippen LogP contribution is 2.31. The van der Waals surface area contributed by atoms with E-state index in [2.05, 4.69) is 36.1 Å². The summed E-state index contributed by atoms with van der Waals surface area (Å²) < 4.78 is 43.5. The summed E-state index contributed by atoms with van der Waals surface area (Å²) in [6.07, 6.45) is 1.17. The number of fused-ring (bicyclic) bond motifs is 1. The second-order valence-electron chi connectivity index (χ2n) is 10.4. The Morgan fingerprint density at radius 1 is 0.829 bits per heavy atom. The number of hydrogen-bond acceptors (Lipinski definition) is 6. The third-order valence-corrected chi connectivity index (χ3v) is 9.33. The van der Waals surface area contributed by atoms with E-state index in [9.17, 15) is 12.8 Å². The Balaban J connectivity index is 1.39. The summed E-state index contributed by atoms with van der Waals surface area (Å²) >= 11 is 0. The lowest BCUT2D eigenvalue weighted by Crippen LogP contribution is -2.35. The summed E-state index contributed by atoms with van der Waals surface area (Å²) in [7, 11) is -3.75. The molecule has 1 saturated heterocycles. The molecule has 3 heterocycles. The van der Waals surface area contributed by atoms with E-state index in [1.54, 1.807) is 0 Å². The van der Waals surface area contributed by atoms with Gasteiger partial charge in [0.25, 0.3) is 0 Å². The Morgan fingerprint density at radius 3 is 2.29 bits per heavy atom. The third-order valence-electron chi connectivity index (χ3n) is 7.42. The highest BCUT2D eigenvalue weighted by Gasteiger charge is 2.29. The molecule has 0 spiro atoms. The molecule has 10 heteroatoms. The lowest BCUT2D eigenvalue weighted by atomic mass is 10.1. The summed E-state index contributed by atoms with van der Waals surface area (Å²) in [4.78, 5) is 12.3.